The van der Waals surface area contributed by atoms with Crippen LogP contribution in [-0.2, 0) is 4.79 Å². The van der Waals surface area contributed by atoms with Gasteiger partial charge >= 0.3 is 12.0 Å². The molecule has 0 aromatic rings. The molecule has 100 valence electrons. The fourth-order valence-electron chi connectivity index (χ4n) is 1.31. The second-order valence-electron chi connectivity index (χ2n) is 3.86. The van der Waals surface area contributed by atoms with Crippen molar-refractivity contribution in [1.29, 1.82) is 0 Å². The molecule has 2 atom stereocenters. The van der Waals surface area contributed by atoms with Gasteiger partial charge in [0.15, 0.2) is 0 Å². The van der Waals surface area contributed by atoms with Gasteiger partial charge in [-0.2, -0.15) is 11.8 Å². The summed E-state index contributed by atoms with van der Waals surface area (Å²) in [5, 5.41) is 14.1. The SMILES string of the molecule is CCC[C@@H](NC(=O)NC(C)CSCC)C(=O)O. The molecule has 3 N–H and O–H groups in total. The molecule has 0 bridgehead atoms. The summed E-state index contributed by atoms with van der Waals surface area (Å²) in [6.07, 6.45) is 1.17. The van der Waals surface area contributed by atoms with Gasteiger partial charge in [-0.05, 0) is 19.1 Å². The monoisotopic (exact) mass is 262 g/mol. The van der Waals surface area contributed by atoms with E-state index in [2.05, 4.69) is 17.6 Å². The van der Waals surface area contributed by atoms with Gasteiger partial charge in [0.05, 0.1) is 0 Å². The molecule has 0 radical (unpaired) electrons. The first-order valence-corrected chi connectivity index (χ1v) is 7.04. The van der Waals surface area contributed by atoms with E-state index in [-0.39, 0.29) is 6.04 Å². The predicted molar refractivity (Wildman–Crippen MR) is 70.5 cm³/mol. The molecular weight excluding hydrogens is 240 g/mol. The topological polar surface area (TPSA) is 78.4 Å². The number of urea groups is 1. The van der Waals surface area contributed by atoms with Crippen LogP contribution in [0.3, 0.4) is 0 Å². The second-order valence-corrected chi connectivity index (χ2v) is 5.18. The van der Waals surface area contributed by atoms with Crippen molar-refractivity contribution in [3.8, 4) is 0 Å². The Kier molecular flexibility index (Phi) is 8.66. The summed E-state index contributed by atoms with van der Waals surface area (Å²) in [4.78, 5) is 22.3. The summed E-state index contributed by atoms with van der Waals surface area (Å²) >= 11 is 1.73. The van der Waals surface area contributed by atoms with E-state index in [1.807, 2.05) is 13.8 Å². The fourth-order valence-corrected chi connectivity index (χ4v) is 1.98. The largest absolute Gasteiger partial charge is 0.480 e. The van der Waals surface area contributed by atoms with Gasteiger partial charge in [0.2, 0.25) is 0 Å². The van der Waals surface area contributed by atoms with Crippen LogP contribution in [0, 0.1) is 0 Å². The fraction of sp³-hybridized carbons (Fsp3) is 0.818. The van der Waals surface area contributed by atoms with Gasteiger partial charge in [-0.25, -0.2) is 9.59 Å². The summed E-state index contributed by atoms with van der Waals surface area (Å²) in [7, 11) is 0. The standard InChI is InChI=1S/C11H22N2O3S/c1-4-6-9(10(14)15)13-11(16)12-8(3)7-17-5-2/h8-9H,4-7H2,1-3H3,(H,14,15)(H2,12,13,16)/t8?,9-/m1/s1. The highest BCUT2D eigenvalue weighted by Crippen LogP contribution is 2.01. The minimum atomic E-state index is -0.988. The maximum Gasteiger partial charge on any atom is 0.326 e. The van der Waals surface area contributed by atoms with Gasteiger partial charge in [-0.3, -0.25) is 0 Å². The van der Waals surface area contributed by atoms with Crippen LogP contribution >= 0.6 is 11.8 Å². The minimum Gasteiger partial charge on any atom is -0.480 e. The number of amides is 2. The molecule has 0 aliphatic carbocycles. The van der Waals surface area contributed by atoms with E-state index in [0.717, 1.165) is 17.9 Å². The first-order chi connectivity index (χ1) is 8.01. The maximum absolute atomic E-state index is 11.5. The van der Waals surface area contributed by atoms with E-state index in [1.165, 1.54) is 0 Å². The van der Waals surface area contributed by atoms with E-state index in [1.54, 1.807) is 11.8 Å². The Labute approximate surface area is 107 Å². The highest BCUT2D eigenvalue weighted by atomic mass is 32.2. The molecule has 6 heteroatoms. The molecule has 1 unspecified atom stereocenters. The molecule has 0 spiro atoms. The molecule has 0 aliphatic heterocycles. The molecule has 2 amide bonds. The van der Waals surface area contributed by atoms with Crippen LogP contribution < -0.4 is 10.6 Å². The lowest BCUT2D eigenvalue weighted by atomic mass is 10.2. The second kappa shape index (κ2) is 9.15. The van der Waals surface area contributed by atoms with Crippen LogP contribution in [0.25, 0.3) is 0 Å². The lowest BCUT2D eigenvalue weighted by Crippen LogP contribution is -2.48. The van der Waals surface area contributed by atoms with Crippen LogP contribution in [0.5, 0.6) is 0 Å². The molecule has 0 rings (SSSR count). The molecule has 0 fully saturated rings. The smallest absolute Gasteiger partial charge is 0.326 e. The predicted octanol–water partition coefficient (Wildman–Crippen LogP) is 1.68. The molecule has 5 nitrogen and oxygen atoms in total. The number of carboxylic acids is 1. The number of aliphatic carboxylic acids is 1. The summed E-state index contributed by atoms with van der Waals surface area (Å²) in [5.41, 5.74) is 0. The van der Waals surface area contributed by atoms with Gasteiger partial charge in [0.25, 0.3) is 0 Å². The quantitative estimate of drug-likeness (QED) is 0.622. The third-order valence-electron chi connectivity index (χ3n) is 2.13. The molecule has 0 aromatic carbocycles. The van der Waals surface area contributed by atoms with E-state index in [0.29, 0.717) is 6.42 Å². The number of carbonyl (C=O) groups is 2. The Morgan fingerprint density at radius 2 is 1.94 bits per heavy atom. The maximum atomic E-state index is 11.5. The number of hydrogen-bond donors (Lipinski definition) is 3. The van der Waals surface area contributed by atoms with Gasteiger partial charge in [0.1, 0.15) is 6.04 Å². The highest BCUT2D eigenvalue weighted by molar-refractivity contribution is 7.99. The van der Waals surface area contributed by atoms with Gasteiger partial charge in [-0.1, -0.05) is 20.3 Å². The van der Waals surface area contributed by atoms with Crippen LogP contribution in [0.1, 0.15) is 33.6 Å². The summed E-state index contributed by atoms with van der Waals surface area (Å²) in [5.74, 6) is 0.842. The number of hydrogen-bond acceptors (Lipinski definition) is 3. The number of thioether (sulfide) groups is 1. The average molecular weight is 262 g/mol. The van der Waals surface area contributed by atoms with E-state index in [9.17, 15) is 9.59 Å². The van der Waals surface area contributed by atoms with Crippen molar-refractivity contribution in [1.82, 2.24) is 10.6 Å². The highest BCUT2D eigenvalue weighted by Gasteiger charge is 2.19. The van der Waals surface area contributed by atoms with Crippen LogP contribution in [0.2, 0.25) is 0 Å². The third kappa shape index (κ3) is 7.90. The summed E-state index contributed by atoms with van der Waals surface area (Å²) < 4.78 is 0. The zero-order chi connectivity index (χ0) is 13.3. The number of nitrogens with one attached hydrogen (secondary N) is 2. The molecule has 17 heavy (non-hydrogen) atoms. The van der Waals surface area contributed by atoms with Crippen molar-refractivity contribution in [3.05, 3.63) is 0 Å². The van der Waals surface area contributed by atoms with Crippen molar-refractivity contribution in [2.75, 3.05) is 11.5 Å². The van der Waals surface area contributed by atoms with Gasteiger partial charge in [-0.15, -0.1) is 0 Å². The zero-order valence-electron chi connectivity index (χ0n) is 10.7. The van der Waals surface area contributed by atoms with Crippen LogP contribution in [0.4, 0.5) is 4.79 Å². The molecule has 0 aliphatic rings. The van der Waals surface area contributed by atoms with Crippen molar-refractivity contribution in [2.45, 2.75) is 45.7 Å². The Balaban J connectivity index is 4.00. The third-order valence-corrected chi connectivity index (χ3v) is 3.27. The molecule has 0 saturated heterocycles. The van der Waals surface area contributed by atoms with Crippen molar-refractivity contribution >= 4 is 23.8 Å². The van der Waals surface area contributed by atoms with Gasteiger partial charge in [0, 0.05) is 11.8 Å². The van der Waals surface area contributed by atoms with Crippen molar-refractivity contribution in [3.63, 3.8) is 0 Å². The Hall–Kier alpha value is -0.910. The van der Waals surface area contributed by atoms with Crippen LogP contribution in [0.15, 0.2) is 0 Å². The molecule has 0 aromatic heterocycles. The van der Waals surface area contributed by atoms with E-state index < -0.39 is 18.0 Å². The lowest BCUT2D eigenvalue weighted by molar-refractivity contribution is -0.139. The molecular formula is C11H22N2O3S. The van der Waals surface area contributed by atoms with Gasteiger partial charge < -0.3 is 15.7 Å². The van der Waals surface area contributed by atoms with E-state index >= 15 is 0 Å². The lowest BCUT2D eigenvalue weighted by Gasteiger charge is -2.17. The van der Waals surface area contributed by atoms with Crippen LogP contribution in [-0.4, -0.2) is 40.7 Å². The summed E-state index contributed by atoms with van der Waals surface area (Å²) in [6.45, 7) is 5.84. The molecule has 0 saturated carbocycles. The number of rotatable bonds is 8. The Bertz CT molecular complexity index is 249. The first-order valence-electron chi connectivity index (χ1n) is 5.88. The summed E-state index contributed by atoms with van der Waals surface area (Å²) in [6, 6.07) is -1.17. The molecule has 0 heterocycles. The number of carbonyl (C=O) groups excluding carboxylic acids is 1. The van der Waals surface area contributed by atoms with E-state index in [4.69, 9.17) is 5.11 Å². The Morgan fingerprint density at radius 1 is 1.29 bits per heavy atom. The minimum absolute atomic E-state index is 0.0380. The Morgan fingerprint density at radius 3 is 2.41 bits per heavy atom. The van der Waals surface area contributed by atoms with Crippen molar-refractivity contribution in [2.24, 2.45) is 0 Å². The average Bonchev–Trinajstić information content (AvgIpc) is 2.25. The van der Waals surface area contributed by atoms with Crippen molar-refractivity contribution < 1.29 is 14.7 Å². The normalized spacial score (nSPS) is 13.8. The first kappa shape index (κ1) is 16.1. The zero-order valence-corrected chi connectivity index (χ0v) is 11.5. The number of carboxylic acid groups (broad SMARTS) is 1.